The smallest absolute Gasteiger partial charge is 0.189 e. The summed E-state index contributed by atoms with van der Waals surface area (Å²) in [4.78, 5) is 5.14. The molecule has 0 saturated carbocycles. The van der Waals surface area contributed by atoms with Crippen molar-refractivity contribution in [2.45, 2.75) is 6.54 Å². The van der Waals surface area contributed by atoms with Crippen LogP contribution in [-0.2, 0) is 6.54 Å². The number of nitrogens with one attached hydrogen (secondary N) is 1. The van der Waals surface area contributed by atoms with Crippen LogP contribution in [0.3, 0.4) is 0 Å². The van der Waals surface area contributed by atoms with Crippen molar-refractivity contribution in [2.24, 2.45) is 5.73 Å². The first-order chi connectivity index (χ1) is 6.59. The van der Waals surface area contributed by atoms with Crippen molar-refractivity contribution in [1.29, 1.82) is 5.41 Å². The molecule has 0 spiro atoms. The Morgan fingerprint density at radius 1 is 1.57 bits per heavy atom. The van der Waals surface area contributed by atoms with Crippen LogP contribution in [0.4, 0.5) is 0 Å². The van der Waals surface area contributed by atoms with Crippen LogP contribution in [-0.4, -0.2) is 36.5 Å². The van der Waals surface area contributed by atoms with Gasteiger partial charge in [0, 0.05) is 18.5 Å². The van der Waals surface area contributed by atoms with Gasteiger partial charge in [0.15, 0.2) is 5.96 Å². The Balaban J connectivity index is 2.36. The zero-order valence-electron chi connectivity index (χ0n) is 8.53. The molecular formula is C9H16N4S. The maximum atomic E-state index is 7.22. The average molecular weight is 212 g/mol. The Morgan fingerprint density at radius 2 is 2.29 bits per heavy atom. The summed E-state index contributed by atoms with van der Waals surface area (Å²) >= 11 is 1.74. The van der Waals surface area contributed by atoms with E-state index in [0.29, 0.717) is 6.67 Å². The normalized spacial score (nSPS) is 10.5. The van der Waals surface area contributed by atoms with Gasteiger partial charge < -0.3 is 10.6 Å². The first-order valence-corrected chi connectivity index (χ1v) is 5.23. The summed E-state index contributed by atoms with van der Waals surface area (Å²) in [7, 11) is 3.83. The second-order valence-electron chi connectivity index (χ2n) is 3.32. The van der Waals surface area contributed by atoms with E-state index >= 15 is 0 Å². The van der Waals surface area contributed by atoms with Crippen molar-refractivity contribution in [3.8, 4) is 0 Å². The van der Waals surface area contributed by atoms with Gasteiger partial charge >= 0.3 is 0 Å². The number of hydrogen-bond donors (Lipinski definition) is 2. The molecule has 1 rings (SSSR count). The minimum absolute atomic E-state index is 0.100. The van der Waals surface area contributed by atoms with E-state index < -0.39 is 0 Å². The van der Waals surface area contributed by atoms with Crippen molar-refractivity contribution in [2.75, 3.05) is 20.8 Å². The number of thiophene rings is 1. The van der Waals surface area contributed by atoms with Gasteiger partial charge in [0.2, 0.25) is 0 Å². The maximum Gasteiger partial charge on any atom is 0.189 e. The van der Waals surface area contributed by atoms with Crippen LogP contribution in [0.25, 0.3) is 0 Å². The van der Waals surface area contributed by atoms with E-state index in [1.54, 1.807) is 16.2 Å². The van der Waals surface area contributed by atoms with Gasteiger partial charge in [-0.25, -0.2) is 0 Å². The van der Waals surface area contributed by atoms with E-state index in [-0.39, 0.29) is 5.96 Å². The van der Waals surface area contributed by atoms with E-state index in [2.05, 4.69) is 16.3 Å². The molecule has 0 aliphatic carbocycles. The molecule has 0 unspecified atom stereocenters. The lowest BCUT2D eigenvalue weighted by molar-refractivity contribution is 0.237. The predicted octanol–water partition coefficient (Wildman–Crippen LogP) is 0.963. The Bertz CT molecular complexity index is 283. The summed E-state index contributed by atoms with van der Waals surface area (Å²) in [6, 6.07) is 4.15. The second-order valence-corrected chi connectivity index (χ2v) is 4.35. The second kappa shape index (κ2) is 4.97. The highest BCUT2D eigenvalue weighted by Gasteiger charge is 2.05. The summed E-state index contributed by atoms with van der Waals surface area (Å²) in [5.74, 6) is 0.100. The van der Waals surface area contributed by atoms with Gasteiger partial charge in [-0.1, -0.05) is 6.07 Å². The number of guanidine groups is 1. The van der Waals surface area contributed by atoms with Gasteiger partial charge in [0.1, 0.15) is 0 Å². The van der Waals surface area contributed by atoms with E-state index in [0.717, 1.165) is 6.54 Å². The first-order valence-electron chi connectivity index (χ1n) is 4.35. The molecule has 0 atom stereocenters. The fourth-order valence-corrected chi connectivity index (χ4v) is 1.94. The maximum absolute atomic E-state index is 7.22. The molecule has 0 amide bonds. The van der Waals surface area contributed by atoms with E-state index in [4.69, 9.17) is 11.1 Å². The Labute approximate surface area is 88.4 Å². The zero-order valence-corrected chi connectivity index (χ0v) is 9.34. The van der Waals surface area contributed by atoms with Gasteiger partial charge in [-0.2, -0.15) is 0 Å². The number of hydrogen-bond acceptors (Lipinski definition) is 3. The lowest BCUT2D eigenvalue weighted by Crippen LogP contribution is -2.40. The van der Waals surface area contributed by atoms with Gasteiger partial charge in [-0.05, 0) is 18.5 Å². The molecule has 0 saturated heterocycles. The quantitative estimate of drug-likeness (QED) is 0.444. The lowest BCUT2D eigenvalue weighted by Gasteiger charge is -2.23. The van der Waals surface area contributed by atoms with Crippen LogP contribution in [0.1, 0.15) is 4.88 Å². The molecular weight excluding hydrogens is 196 g/mol. The van der Waals surface area contributed by atoms with Crippen molar-refractivity contribution in [1.82, 2.24) is 9.80 Å². The van der Waals surface area contributed by atoms with Crippen molar-refractivity contribution >= 4 is 17.3 Å². The van der Waals surface area contributed by atoms with Crippen molar-refractivity contribution in [3.63, 3.8) is 0 Å². The van der Waals surface area contributed by atoms with E-state index in [1.807, 2.05) is 20.2 Å². The topological polar surface area (TPSA) is 56.4 Å². The molecule has 1 heterocycles. The van der Waals surface area contributed by atoms with Gasteiger partial charge in [0.25, 0.3) is 0 Å². The number of nitrogens with zero attached hydrogens (tertiary/aromatic N) is 2. The lowest BCUT2D eigenvalue weighted by atomic mass is 10.4. The molecule has 0 bridgehead atoms. The average Bonchev–Trinajstić information content (AvgIpc) is 2.56. The molecule has 4 nitrogen and oxygen atoms in total. The van der Waals surface area contributed by atoms with E-state index in [1.165, 1.54) is 4.88 Å². The molecule has 1 aromatic heterocycles. The van der Waals surface area contributed by atoms with Crippen LogP contribution in [0.15, 0.2) is 17.5 Å². The third-order valence-electron chi connectivity index (χ3n) is 1.87. The SMILES string of the molecule is CN(Cc1cccs1)CN(C)C(=N)N. The minimum atomic E-state index is 0.100. The summed E-state index contributed by atoms with van der Waals surface area (Å²) < 4.78 is 0. The highest BCUT2D eigenvalue weighted by Crippen LogP contribution is 2.10. The van der Waals surface area contributed by atoms with Crippen molar-refractivity contribution < 1.29 is 0 Å². The Morgan fingerprint density at radius 3 is 2.79 bits per heavy atom. The fraction of sp³-hybridized carbons (Fsp3) is 0.444. The zero-order chi connectivity index (χ0) is 10.6. The monoisotopic (exact) mass is 212 g/mol. The highest BCUT2D eigenvalue weighted by atomic mass is 32.1. The molecule has 14 heavy (non-hydrogen) atoms. The summed E-state index contributed by atoms with van der Waals surface area (Å²) in [6.07, 6.45) is 0. The molecule has 5 heteroatoms. The third-order valence-corrected chi connectivity index (χ3v) is 2.73. The number of nitrogens with two attached hydrogens (primary N) is 1. The van der Waals surface area contributed by atoms with Crippen LogP contribution in [0.5, 0.6) is 0 Å². The standard InChI is InChI=1S/C9H16N4S/c1-12(7-13(2)9(10)11)6-8-4-3-5-14-8/h3-5H,6-7H2,1-2H3,(H3,10,11). The Hall–Kier alpha value is -1.07. The van der Waals surface area contributed by atoms with Gasteiger partial charge in [-0.3, -0.25) is 10.3 Å². The summed E-state index contributed by atoms with van der Waals surface area (Å²) in [6.45, 7) is 1.57. The first kappa shape index (κ1) is 11.0. The summed E-state index contributed by atoms with van der Waals surface area (Å²) in [5.41, 5.74) is 5.34. The van der Waals surface area contributed by atoms with Crippen LogP contribution < -0.4 is 5.73 Å². The Kier molecular flexibility index (Phi) is 3.91. The molecule has 0 fully saturated rings. The van der Waals surface area contributed by atoms with Gasteiger partial charge in [0.05, 0.1) is 6.67 Å². The molecule has 1 aromatic rings. The highest BCUT2D eigenvalue weighted by molar-refractivity contribution is 7.09. The molecule has 3 N–H and O–H groups in total. The predicted molar refractivity (Wildman–Crippen MR) is 60.3 cm³/mol. The minimum Gasteiger partial charge on any atom is -0.370 e. The molecule has 78 valence electrons. The van der Waals surface area contributed by atoms with E-state index in [9.17, 15) is 0 Å². The number of rotatable bonds is 4. The van der Waals surface area contributed by atoms with Crippen LogP contribution in [0.2, 0.25) is 0 Å². The molecule has 0 aromatic carbocycles. The van der Waals surface area contributed by atoms with Crippen LogP contribution in [0, 0.1) is 5.41 Å². The largest absolute Gasteiger partial charge is 0.370 e. The summed E-state index contributed by atoms with van der Waals surface area (Å²) in [5, 5.41) is 9.29. The molecule has 0 aliphatic rings. The molecule has 0 radical (unpaired) electrons. The third kappa shape index (κ3) is 3.35. The molecule has 0 aliphatic heterocycles. The van der Waals surface area contributed by atoms with Crippen molar-refractivity contribution in [3.05, 3.63) is 22.4 Å². The fourth-order valence-electron chi connectivity index (χ4n) is 1.16. The van der Waals surface area contributed by atoms with Crippen LogP contribution >= 0.6 is 11.3 Å². The van der Waals surface area contributed by atoms with Gasteiger partial charge in [-0.15, -0.1) is 11.3 Å².